The second-order valence-electron chi connectivity index (χ2n) is 6.61. The van der Waals surface area contributed by atoms with E-state index in [1.165, 1.54) is 24.0 Å². The lowest BCUT2D eigenvalue weighted by Crippen LogP contribution is -2.38. The Balaban J connectivity index is 1.74. The van der Waals surface area contributed by atoms with Crippen molar-refractivity contribution in [1.29, 1.82) is 0 Å². The molecule has 2 heterocycles. The third-order valence-electron chi connectivity index (χ3n) is 4.88. The van der Waals surface area contributed by atoms with E-state index in [-0.39, 0.29) is 18.6 Å². The maximum absolute atomic E-state index is 12.2. The number of carbonyl (C=O) groups excluding carboxylic acids is 1. The van der Waals surface area contributed by atoms with Crippen LogP contribution in [0, 0.1) is 5.92 Å². The molecule has 2 aliphatic rings. The predicted octanol–water partition coefficient (Wildman–Crippen LogP) is 2.15. The highest BCUT2D eigenvalue weighted by atomic mass is 16.5. The number of anilines is 1. The van der Waals surface area contributed by atoms with Crippen molar-refractivity contribution in [3.63, 3.8) is 0 Å². The number of methoxy groups -OCH3 is 1. The standard InChI is InChI=1S/C18H26N2O2/c1-13-9-16-11-15(10-14-5-7-19-8-6-14)3-4-17(16)20(13)18(21)12-22-2/h3-4,11,13-14,19H,5-10,12H2,1-2H3. The Morgan fingerprint density at radius 1 is 1.36 bits per heavy atom. The van der Waals surface area contributed by atoms with Crippen LogP contribution in [-0.4, -0.2) is 38.8 Å². The number of ether oxygens (including phenoxy) is 1. The second kappa shape index (κ2) is 6.80. The van der Waals surface area contributed by atoms with Crippen molar-refractivity contribution in [2.45, 2.75) is 38.6 Å². The molecule has 0 radical (unpaired) electrons. The molecule has 2 aliphatic heterocycles. The molecule has 0 saturated carbocycles. The summed E-state index contributed by atoms with van der Waals surface area (Å²) in [7, 11) is 1.57. The third-order valence-corrected chi connectivity index (χ3v) is 4.88. The summed E-state index contributed by atoms with van der Waals surface area (Å²) in [6, 6.07) is 6.87. The molecule has 1 fully saturated rings. The highest BCUT2D eigenvalue weighted by molar-refractivity contribution is 5.97. The van der Waals surface area contributed by atoms with Crippen molar-refractivity contribution >= 4 is 11.6 Å². The van der Waals surface area contributed by atoms with E-state index in [0.29, 0.717) is 0 Å². The van der Waals surface area contributed by atoms with Gasteiger partial charge in [-0.25, -0.2) is 0 Å². The summed E-state index contributed by atoms with van der Waals surface area (Å²) in [5.41, 5.74) is 3.80. The molecule has 4 nitrogen and oxygen atoms in total. The summed E-state index contributed by atoms with van der Waals surface area (Å²) >= 11 is 0. The van der Waals surface area contributed by atoms with Gasteiger partial charge in [-0.1, -0.05) is 12.1 Å². The molecule has 1 aromatic carbocycles. The second-order valence-corrected chi connectivity index (χ2v) is 6.61. The molecule has 0 bridgehead atoms. The van der Waals surface area contributed by atoms with Gasteiger partial charge in [-0.15, -0.1) is 0 Å². The first-order chi connectivity index (χ1) is 10.7. The van der Waals surface area contributed by atoms with Crippen LogP contribution in [0.4, 0.5) is 5.69 Å². The minimum Gasteiger partial charge on any atom is -0.375 e. The van der Waals surface area contributed by atoms with E-state index in [1.807, 2.05) is 4.90 Å². The lowest BCUT2D eigenvalue weighted by molar-refractivity contribution is -0.122. The van der Waals surface area contributed by atoms with E-state index in [4.69, 9.17) is 4.74 Å². The highest BCUT2D eigenvalue weighted by Crippen LogP contribution is 2.33. The minimum atomic E-state index is 0.0554. The molecule has 0 spiro atoms. The third kappa shape index (κ3) is 3.18. The zero-order chi connectivity index (χ0) is 15.5. The maximum atomic E-state index is 12.2. The number of nitrogens with one attached hydrogen (secondary N) is 1. The number of hydrogen-bond donors (Lipinski definition) is 1. The summed E-state index contributed by atoms with van der Waals surface area (Å²) in [6.45, 7) is 4.55. The summed E-state index contributed by atoms with van der Waals surface area (Å²) in [6.07, 6.45) is 4.65. The average Bonchev–Trinajstić information content (AvgIpc) is 2.83. The van der Waals surface area contributed by atoms with E-state index in [0.717, 1.165) is 37.5 Å². The van der Waals surface area contributed by atoms with E-state index < -0.39 is 0 Å². The van der Waals surface area contributed by atoms with Crippen LogP contribution in [0.1, 0.15) is 30.9 Å². The van der Waals surface area contributed by atoms with Gasteiger partial charge >= 0.3 is 0 Å². The first kappa shape index (κ1) is 15.5. The molecule has 4 heteroatoms. The molecule has 1 N–H and O–H groups in total. The number of piperidine rings is 1. The Labute approximate surface area is 132 Å². The Morgan fingerprint density at radius 2 is 2.14 bits per heavy atom. The number of benzene rings is 1. The molecular weight excluding hydrogens is 276 g/mol. The smallest absolute Gasteiger partial charge is 0.253 e. The van der Waals surface area contributed by atoms with Crippen LogP contribution in [0.3, 0.4) is 0 Å². The van der Waals surface area contributed by atoms with E-state index in [9.17, 15) is 4.79 Å². The van der Waals surface area contributed by atoms with Gasteiger partial charge in [-0.2, -0.15) is 0 Å². The molecular formula is C18H26N2O2. The topological polar surface area (TPSA) is 41.6 Å². The average molecular weight is 302 g/mol. The SMILES string of the molecule is COCC(=O)N1c2ccc(CC3CCNCC3)cc2CC1C. The Hall–Kier alpha value is -1.39. The minimum absolute atomic E-state index is 0.0554. The number of amides is 1. The Kier molecular flexibility index (Phi) is 4.79. The van der Waals surface area contributed by atoms with Crippen molar-refractivity contribution < 1.29 is 9.53 Å². The molecule has 3 rings (SSSR count). The molecule has 1 aromatic rings. The van der Waals surface area contributed by atoms with E-state index in [1.54, 1.807) is 7.11 Å². The van der Waals surface area contributed by atoms with Gasteiger partial charge < -0.3 is 15.0 Å². The monoisotopic (exact) mass is 302 g/mol. The van der Waals surface area contributed by atoms with Crippen LogP contribution in [0.5, 0.6) is 0 Å². The summed E-state index contributed by atoms with van der Waals surface area (Å²) in [4.78, 5) is 14.1. The van der Waals surface area contributed by atoms with E-state index >= 15 is 0 Å². The first-order valence-electron chi connectivity index (χ1n) is 8.32. The number of fused-ring (bicyclic) bond motifs is 1. The fourth-order valence-electron chi connectivity index (χ4n) is 3.80. The molecule has 1 unspecified atom stereocenters. The molecule has 1 saturated heterocycles. The van der Waals surface area contributed by atoms with Gasteiger partial charge in [-0.3, -0.25) is 4.79 Å². The van der Waals surface area contributed by atoms with Crippen molar-refractivity contribution in [2.75, 3.05) is 31.7 Å². The maximum Gasteiger partial charge on any atom is 0.253 e. The number of nitrogens with zero attached hydrogens (tertiary/aromatic N) is 1. The summed E-state index contributed by atoms with van der Waals surface area (Å²) < 4.78 is 5.01. The van der Waals surface area contributed by atoms with Crippen molar-refractivity contribution in [3.05, 3.63) is 29.3 Å². The molecule has 1 amide bonds. The van der Waals surface area contributed by atoms with Crippen LogP contribution in [0.15, 0.2) is 18.2 Å². The molecule has 1 atom stereocenters. The number of rotatable bonds is 4. The lowest BCUT2D eigenvalue weighted by Gasteiger charge is -2.23. The lowest BCUT2D eigenvalue weighted by atomic mass is 9.90. The van der Waals surface area contributed by atoms with Gasteiger partial charge in [0.1, 0.15) is 6.61 Å². The first-order valence-corrected chi connectivity index (χ1v) is 8.32. The van der Waals surface area contributed by atoms with Gasteiger partial charge in [0.05, 0.1) is 0 Å². The molecule has 120 valence electrons. The van der Waals surface area contributed by atoms with Crippen LogP contribution >= 0.6 is 0 Å². The van der Waals surface area contributed by atoms with Gasteiger partial charge in [0.2, 0.25) is 0 Å². The van der Waals surface area contributed by atoms with Crippen LogP contribution in [0.25, 0.3) is 0 Å². The number of hydrogen-bond acceptors (Lipinski definition) is 3. The molecule has 0 aliphatic carbocycles. The van der Waals surface area contributed by atoms with Crippen molar-refractivity contribution in [3.8, 4) is 0 Å². The van der Waals surface area contributed by atoms with Gasteiger partial charge in [-0.05, 0) is 68.8 Å². The van der Waals surface area contributed by atoms with Gasteiger partial charge in [0.25, 0.3) is 5.91 Å². The fraction of sp³-hybridized carbons (Fsp3) is 0.611. The Bertz CT molecular complexity index is 538. The van der Waals surface area contributed by atoms with Crippen molar-refractivity contribution in [2.24, 2.45) is 5.92 Å². The zero-order valence-corrected chi connectivity index (χ0v) is 13.6. The van der Waals surface area contributed by atoms with Gasteiger partial charge in [0, 0.05) is 18.8 Å². The summed E-state index contributed by atoms with van der Waals surface area (Å²) in [5.74, 6) is 0.851. The predicted molar refractivity (Wildman–Crippen MR) is 88.3 cm³/mol. The van der Waals surface area contributed by atoms with Crippen LogP contribution in [-0.2, 0) is 22.4 Å². The van der Waals surface area contributed by atoms with Crippen LogP contribution < -0.4 is 10.2 Å². The molecule has 0 aromatic heterocycles. The largest absolute Gasteiger partial charge is 0.375 e. The van der Waals surface area contributed by atoms with Gasteiger partial charge in [0.15, 0.2) is 0 Å². The zero-order valence-electron chi connectivity index (χ0n) is 13.6. The highest BCUT2D eigenvalue weighted by Gasteiger charge is 2.30. The Morgan fingerprint density at radius 3 is 2.86 bits per heavy atom. The molecule has 22 heavy (non-hydrogen) atoms. The van der Waals surface area contributed by atoms with Crippen LogP contribution in [0.2, 0.25) is 0 Å². The quantitative estimate of drug-likeness (QED) is 0.926. The van der Waals surface area contributed by atoms with Crippen molar-refractivity contribution in [1.82, 2.24) is 5.32 Å². The number of carbonyl (C=O) groups is 1. The summed E-state index contributed by atoms with van der Waals surface area (Å²) in [5, 5.41) is 3.42. The van der Waals surface area contributed by atoms with E-state index in [2.05, 4.69) is 30.4 Å². The normalized spacial score (nSPS) is 21.9. The fourth-order valence-corrected chi connectivity index (χ4v) is 3.80.